The van der Waals surface area contributed by atoms with Crippen LogP contribution in [0.4, 0.5) is 0 Å². The molecule has 1 rings (SSSR count). The first kappa shape index (κ1) is 16.3. The molecule has 6 nitrogen and oxygen atoms in total. The lowest BCUT2D eigenvalue weighted by Crippen LogP contribution is -2.44. The molecule has 1 amide bonds. The number of carbonyl (C=O) groups excluding carboxylic acids is 1. The van der Waals surface area contributed by atoms with Gasteiger partial charge in [0.2, 0.25) is 10.0 Å². The zero-order valence-corrected chi connectivity index (χ0v) is 12.8. The largest absolute Gasteiger partial charge is 0.354 e. The average Bonchev–Trinajstić information content (AvgIpc) is 2.80. The van der Waals surface area contributed by atoms with Crippen molar-refractivity contribution in [1.29, 1.82) is 0 Å². The summed E-state index contributed by atoms with van der Waals surface area (Å²) in [4.78, 5) is 11.6. The van der Waals surface area contributed by atoms with Crippen molar-refractivity contribution in [3.63, 3.8) is 0 Å². The lowest BCUT2D eigenvalue weighted by Gasteiger charge is -2.22. The second kappa shape index (κ2) is 5.69. The van der Waals surface area contributed by atoms with Gasteiger partial charge >= 0.3 is 0 Å². The third-order valence-electron chi connectivity index (χ3n) is 3.14. The van der Waals surface area contributed by atoms with Gasteiger partial charge in [-0.25, -0.2) is 8.42 Å². The molecule has 0 radical (unpaired) electrons. The Kier molecular flexibility index (Phi) is 4.63. The molecule has 0 aromatic carbocycles. The Morgan fingerprint density at radius 3 is 2.60 bits per heavy atom. The minimum atomic E-state index is -3.78. The Morgan fingerprint density at radius 2 is 2.15 bits per heavy atom. The number of carbonyl (C=O) groups is 1. The second-order valence-electron chi connectivity index (χ2n) is 4.69. The average molecular weight is 297 g/mol. The first-order valence-corrected chi connectivity index (χ1v) is 7.57. The highest BCUT2D eigenvalue weighted by Gasteiger charge is 2.28. The SMILES string of the molecule is C#CC(C)(CC)NS(=O)(=O)c1cc(C(=O)NC)n(C)c1. The van der Waals surface area contributed by atoms with E-state index in [1.807, 2.05) is 0 Å². The van der Waals surface area contributed by atoms with Crippen molar-refractivity contribution in [2.24, 2.45) is 7.05 Å². The summed E-state index contributed by atoms with van der Waals surface area (Å²) >= 11 is 0. The fraction of sp³-hybridized carbons (Fsp3) is 0.462. The van der Waals surface area contributed by atoms with Gasteiger partial charge in [-0.1, -0.05) is 12.8 Å². The monoisotopic (exact) mass is 297 g/mol. The van der Waals surface area contributed by atoms with Crippen LogP contribution in [0.5, 0.6) is 0 Å². The van der Waals surface area contributed by atoms with Gasteiger partial charge in [-0.3, -0.25) is 4.79 Å². The van der Waals surface area contributed by atoms with Gasteiger partial charge in [-0.15, -0.1) is 6.42 Å². The summed E-state index contributed by atoms with van der Waals surface area (Å²) in [5, 5.41) is 2.45. The summed E-state index contributed by atoms with van der Waals surface area (Å²) < 4.78 is 28.5. The lowest BCUT2D eigenvalue weighted by molar-refractivity contribution is 0.0955. The molecule has 110 valence electrons. The Labute approximate surface area is 119 Å². The van der Waals surface area contributed by atoms with E-state index >= 15 is 0 Å². The summed E-state index contributed by atoms with van der Waals surface area (Å²) in [5.74, 6) is 2.08. The number of sulfonamides is 1. The quantitative estimate of drug-likeness (QED) is 0.775. The van der Waals surface area contributed by atoms with Crippen molar-refractivity contribution < 1.29 is 13.2 Å². The standard InChI is InChI=1S/C13H19N3O3S/c1-6-13(3,7-2)15-20(18,19)10-8-11(12(17)14-4)16(5)9-10/h1,8-9,15H,7H2,2-5H3,(H,14,17). The molecule has 0 aliphatic carbocycles. The lowest BCUT2D eigenvalue weighted by atomic mass is 10.0. The Morgan fingerprint density at radius 1 is 1.55 bits per heavy atom. The van der Waals surface area contributed by atoms with Gasteiger partial charge < -0.3 is 9.88 Å². The summed E-state index contributed by atoms with van der Waals surface area (Å²) in [7, 11) is -0.697. The number of amides is 1. The molecule has 0 aliphatic rings. The van der Waals surface area contributed by atoms with Gasteiger partial charge in [0.15, 0.2) is 0 Å². The smallest absolute Gasteiger partial charge is 0.267 e. The Bertz CT molecular complexity index is 655. The fourth-order valence-corrected chi connectivity index (χ4v) is 3.07. The first-order chi connectivity index (χ1) is 9.19. The molecule has 1 atom stereocenters. The van der Waals surface area contributed by atoms with Gasteiger partial charge in [0.05, 0.1) is 5.54 Å². The van der Waals surface area contributed by atoms with Crippen molar-refractivity contribution in [3.8, 4) is 12.3 Å². The molecule has 0 fully saturated rings. The summed E-state index contributed by atoms with van der Waals surface area (Å²) in [6.45, 7) is 3.43. The highest BCUT2D eigenvalue weighted by atomic mass is 32.2. The molecular weight excluding hydrogens is 278 g/mol. The third kappa shape index (κ3) is 3.21. The molecule has 2 N–H and O–H groups in total. The molecule has 7 heteroatoms. The van der Waals surface area contributed by atoms with Crippen molar-refractivity contribution in [2.75, 3.05) is 7.05 Å². The number of nitrogens with one attached hydrogen (secondary N) is 2. The molecule has 1 aromatic rings. The van der Waals surface area contributed by atoms with Crippen molar-refractivity contribution in [1.82, 2.24) is 14.6 Å². The highest BCUT2D eigenvalue weighted by Crippen LogP contribution is 2.17. The first-order valence-electron chi connectivity index (χ1n) is 6.09. The van der Waals surface area contributed by atoms with E-state index in [1.165, 1.54) is 23.9 Å². The van der Waals surface area contributed by atoms with E-state index in [0.29, 0.717) is 6.42 Å². The van der Waals surface area contributed by atoms with Crippen LogP contribution in [0.1, 0.15) is 30.8 Å². The van der Waals surface area contributed by atoms with E-state index in [-0.39, 0.29) is 16.5 Å². The summed E-state index contributed by atoms with van der Waals surface area (Å²) in [6, 6.07) is 1.31. The van der Waals surface area contributed by atoms with Crippen LogP contribution in [0.2, 0.25) is 0 Å². The van der Waals surface area contributed by atoms with Crippen LogP contribution in [0.25, 0.3) is 0 Å². The van der Waals surface area contributed by atoms with Crippen LogP contribution in [0, 0.1) is 12.3 Å². The van der Waals surface area contributed by atoms with Crippen LogP contribution in [-0.4, -0.2) is 31.5 Å². The molecule has 0 spiro atoms. The highest BCUT2D eigenvalue weighted by molar-refractivity contribution is 7.89. The molecule has 20 heavy (non-hydrogen) atoms. The van der Waals surface area contributed by atoms with Gasteiger partial charge in [0.25, 0.3) is 5.91 Å². The van der Waals surface area contributed by atoms with Gasteiger partial charge in [-0.05, 0) is 19.4 Å². The van der Waals surface area contributed by atoms with E-state index in [4.69, 9.17) is 6.42 Å². The van der Waals surface area contributed by atoms with E-state index in [2.05, 4.69) is 16.0 Å². The number of aromatic nitrogens is 1. The molecule has 0 bridgehead atoms. The van der Waals surface area contributed by atoms with E-state index in [1.54, 1.807) is 20.9 Å². The predicted octanol–water partition coefficient (Wildman–Crippen LogP) is 0.465. The van der Waals surface area contributed by atoms with Crippen molar-refractivity contribution >= 4 is 15.9 Å². The van der Waals surface area contributed by atoms with E-state index in [9.17, 15) is 13.2 Å². The molecule has 1 unspecified atom stereocenters. The molecule has 0 saturated carbocycles. The maximum absolute atomic E-state index is 12.3. The summed E-state index contributed by atoms with van der Waals surface area (Å²) in [6.07, 6.45) is 7.19. The van der Waals surface area contributed by atoms with Crippen LogP contribution in [0.3, 0.4) is 0 Å². The zero-order valence-electron chi connectivity index (χ0n) is 12.0. The number of nitrogens with zero attached hydrogens (tertiary/aromatic N) is 1. The molecule has 1 heterocycles. The number of hydrogen-bond donors (Lipinski definition) is 2. The van der Waals surface area contributed by atoms with E-state index < -0.39 is 15.6 Å². The number of terminal acetylenes is 1. The Hall–Kier alpha value is -1.78. The normalized spacial score (nSPS) is 14.3. The van der Waals surface area contributed by atoms with Crippen molar-refractivity contribution in [2.45, 2.75) is 30.7 Å². The van der Waals surface area contributed by atoms with Crippen LogP contribution >= 0.6 is 0 Å². The topological polar surface area (TPSA) is 80.2 Å². The predicted molar refractivity (Wildman–Crippen MR) is 76.7 cm³/mol. The second-order valence-corrected chi connectivity index (χ2v) is 6.37. The number of aryl methyl sites for hydroxylation is 1. The fourth-order valence-electron chi connectivity index (χ4n) is 1.59. The van der Waals surface area contributed by atoms with Crippen LogP contribution < -0.4 is 10.0 Å². The molecular formula is C13H19N3O3S. The maximum atomic E-state index is 12.3. The van der Waals surface area contributed by atoms with Gasteiger partial charge in [-0.2, -0.15) is 4.72 Å². The molecule has 0 aliphatic heterocycles. The number of hydrogen-bond acceptors (Lipinski definition) is 3. The molecule has 1 aromatic heterocycles. The van der Waals surface area contributed by atoms with E-state index in [0.717, 1.165) is 0 Å². The third-order valence-corrected chi connectivity index (χ3v) is 4.70. The summed E-state index contributed by atoms with van der Waals surface area (Å²) in [5.41, 5.74) is -0.700. The number of rotatable bonds is 5. The van der Waals surface area contributed by atoms with Gasteiger partial charge in [0, 0.05) is 20.3 Å². The van der Waals surface area contributed by atoms with Crippen LogP contribution in [-0.2, 0) is 17.1 Å². The minimum Gasteiger partial charge on any atom is -0.354 e. The van der Waals surface area contributed by atoms with Crippen molar-refractivity contribution in [3.05, 3.63) is 18.0 Å². The minimum absolute atomic E-state index is 0.00789. The van der Waals surface area contributed by atoms with Crippen LogP contribution in [0.15, 0.2) is 17.2 Å². The zero-order chi connectivity index (χ0) is 15.6. The molecule has 0 saturated heterocycles. The maximum Gasteiger partial charge on any atom is 0.267 e. The Balaban J connectivity index is 3.19. The van der Waals surface area contributed by atoms with Gasteiger partial charge in [0.1, 0.15) is 10.6 Å².